The van der Waals surface area contributed by atoms with Crippen molar-refractivity contribution >= 4 is 23.1 Å². The summed E-state index contributed by atoms with van der Waals surface area (Å²) in [5.41, 5.74) is 2.20. The van der Waals surface area contributed by atoms with Gasteiger partial charge in [-0.25, -0.2) is 9.97 Å². The second kappa shape index (κ2) is 8.10. The van der Waals surface area contributed by atoms with E-state index >= 15 is 0 Å². The Kier molecular flexibility index (Phi) is 5.54. The van der Waals surface area contributed by atoms with Gasteiger partial charge in [-0.3, -0.25) is 4.90 Å². The van der Waals surface area contributed by atoms with Gasteiger partial charge >= 0.3 is 0 Å². The molecule has 0 amide bonds. The number of halogens is 1. The van der Waals surface area contributed by atoms with Crippen LogP contribution in [0.25, 0.3) is 0 Å². The van der Waals surface area contributed by atoms with Gasteiger partial charge in [0, 0.05) is 43.0 Å². The van der Waals surface area contributed by atoms with E-state index in [0.717, 1.165) is 49.4 Å². The molecule has 156 valence electrons. The Morgan fingerprint density at radius 1 is 1.24 bits per heavy atom. The summed E-state index contributed by atoms with van der Waals surface area (Å²) in [6, 6.07) is 3.17. The molecular formula is C21H30FN7. The topological polar surface area (TPSA) is 69.2 Å². The van der Waals surface area contributed by atoms with Crippen LogP contribution in [0.1, 0.15) is 38.7 Å². The minimum Gasteiger partial charge on any atom is -0.367 e. The molecule has 2 N–H and O–H groups in total. The molecule has 8 heteroatoms. The number of anilines is 4. The highest BCUT2D eigenvalue weighted by atomic mass is 19.1. The van der Waals surface area contributed by atoms with Crippen molar-refractivity contribution in [3.05, 3.63) is 30.0 Å². The summed E-state index contributed by atoms with van der Waals surface area (Å²) in [5, 5.41) is 6.44. The van der Waals surface area contributed by atoms with Gasteiger partial charge < -0.3 is 15.5 Å². The highest BCUT2D eigenvalue weighted by Gasteiger charge is 2.41. The number of likely N-dealkylation sites (N-methyl/N-ethyl adjacent to an activating group) is 1. The van der Waals surface area contributed by atoms with Crippen molar-refractivity contribution < 1.29 is 4.39 Å². The van der Waals surface area contributed by atoms with E-state index in [2.05, 4.69) is 56.3 Å². The van der Waals surface area contributed by atoms with Gasteiger partial charge in [-0.05, 0) is 39.8 Å². The SMILES string of the molecule is CCC[C@@H](C)Nc1nc(Nc2cc(N3C[C@@H]4C[C@H]3CN4C)cnc2F)ncc1C. The van der Waals surface area contributed by atoms with Crippen LogP contribution in [0.5, 0.6) is 0 Å². The third-order valence-corrected chi connectivity index (χ3v) is 5.99. The normalized spacial score (nSPS) is 22.2. The molecule has 2 fully saturated rings. The van der Waals surface area contributed by atoms with Gasteiger partial charge in [0.05, 0.1) is 17.6 Å². The number of aromatic nitrogens is 3. The molecule has 0 spiro atoms. The standard InChI is InChI=1S/C21H30FN7/c1-5-6-14(3)25-20-13(2)9-24-21(27-20)26-18-8-15(10-23-19(18)22)29-12-16-7-17(29)11-28(16)4/h8-10,14,16-17H,5-7,11-12H2,1-4H3,(H2,24,25,26,27)/t14-,16+,17+/m1/s1. The van der Waals surface area contributed by atoms with Crippen molar-refractivity contribution in [1.82, 2.24) is 19.9 Å². The Balaban J connectivity index is 1.52. The van der Waals surface area contributed by atoms with E-state index in [1.807, 2.05) is 13.0 Å². The van der Waals surface area contributed by atoms with Gasteiger partial charge in [-0.1, -0.05) is 13.3 Å². The fourth-order valence-corrected chi connectivity index (χ4v) is 4.37. The van der Waals surface area contributed by atoms with Crippen LogP contribution in [0.2, 0.25) is 0 Å². The molecule has 0 saturated carbocycles. The molecular weight excluding hydrogens is 369 g/mol. The zero-order valence-electron chi connectivity index (χ0n) is 17.6. The summed E-state index contributed by atoms with van der Waals surface area (Å²) in [5.74, 6) is 0.587. The number of nitrogens with zero attached hydrogens (tertiary/aromatic N) is 5. The maximum Gasteiger partial charge on any atom is 0.236 e. The van der Waals surface area contributed by atoms with Gasteiger partial charge in [-0.15, -0.1) is 0 Å². The third kappa shape index (κ3) is 4.12. The number of piperazine rings is 1. The Labute approximate surface area is 171 Å². The summed E-state index contributed by atoms with van der Waals surface area (Å²) >= 11 is 0. The van der Waals surface area contributed by atoms with E-state index in [0.29, 0.717) is 29.8 Å². The summed E-state index contributed by atoms with van der Waals surface area (Å²) in [6.45, 7) is 8.25. The number of hydrogen-bond acceptors (Lipinski definition) is 7. The quantitative estimate of drug-likeness (QED) is 0.690. The molecule has 4 rings (SSSR count). The number of fused-ring (bicyclic) bond motifs is 2. The van der Waals surface area contributed by atoms with Crippen LogP contribution >= 0.6 is 0 Å². The van der Waals surface area contributed by atoms with Crippen molar-refractivity contribution in [3.8, 4) is 0 Å². The van der Waals surface area contributed by atoms with E-state index in [4.69, 9.17) is 0 Å². The van der Waals surface area contributed by atoms with Crippen molar-refractivity contribution in [2.75, 3.05) is 35.7 Å². The molecule has 2 aromatic heterocycles. The zero-order valence-corrected chi connectivity index (χ0v) is 17.6. The predicted molar refractivity (Wildman–Crippen MR) is 114 cm³/mol. The molecule has 0 aromatic carbocycles. The van der Waals surface area contributed by atoms with E-state index in [9.17, 15) is 4.39 Å². The van der Waals surface area contributed by atoms with Crippen LogP contribution in [0.3, 0.4) is 0 Å². The largest absolute Gasteiger partial charge is 0.367 e. The average Bonchev–Trinajstić information content (AvgIpc) is 3.26. The lowest BCUT2D eigenvalue weighted by atomic mass is 10.2. The first kappa shape index (κ1) is 19.8. The number of aryl methyl sites for hydroxylation is 1. The van der Waals surface area contributed by atoms with Crippen molar-refractivity contribution in [1.29, 1.82) is 0 Å². The fraction of sp³-hybridized carbons (Fsp3) is 0.571. The van der Waals surface area contributed by atoms with Crippen LogP contribution in [0, 0.1) is 12.9 Å². The molecule has 0 radical (unpaired) electrons. The molecule has 4 heterocycles. The number of rotatable bonds is 7. The Morgan fingerprint density at radius 3 is 2.76 bits per heavy atom. The smallest absolute Gasteiger partial charge is 0.236 e. The van der Waals surface area contributed by atoms with Crippen molar-refractivity contribution in [2.45, 2.75) is 58.2 Å². The van der Waals surface area contributed by atoms with E-state index in [-0.39, 0.29) is 0 Å². The maximum atomic E-state index is 14.4. The van der Waals surface area contributed by atoms with Gasteiger partial charge in [0.1, 0.15) is 5.82 Å². The first-order valence-corrected chi connectivity index (χ1v) is 10.4. The molecule has 0 unspecified atom stereocenters. The monoisotopic (exact) mass is 399 g/mol. The first-order chi connectivity index (χ1) is 13.9. The van der Waals surface area contributed by atoms with Crippen LogP contribution in [0.15, 0.2) is 18.5 Å². The molecule has 2 aliphatic heterocycles. The fourth-order valence-electron chi connectivity index (χ4n) is 4.37. The van der Waals surface area contributed by atoms with E-state index in [1.54, 1.807) is 12.4 Å². The van der Waals surface area contributed by atoms with E-state index < -0.39 is 5.95 Å². The Hall–Kier alpha value is -2.48. The van der Waals surface area contributed by atoms with Crippen LogP contribution in [-0.4, -0.2) is 58.1 Å². The molecule has 2 saturated heterocycles. The summed E-state index contributed by atoms with van der Waals surface area (Å²) in [4.78, 5) is 17.6. The lowest BCUT2D eigenvalue weighted by Crippen LogP contribution is -2.44. The molecule has 0 aliphatic carbocycles. The molecule has 29 heavy (non-hydrogen) atoms. The molecule has 7 nitrogen and oxygen atoms in total. The first-order valence-electron chi connectivity index (χ1n) is 10.4. The summed E-state index contributed by atoms with van der Waals surface area (Å²) in [7, 11) is 2.17. The van der Waals surface area contributed by atoms with Gasteiger partial charge in [-0.2, -0.15) is 9.37 Å². The van der Waals surface area contributed by atoms with Crippen molar-refractivity contribution in [3.63, 3.8) is 0 Å². The average molecular weight is 400 g/mol. The zero-order chi connectivity index (χ0) is 20.5. The number of hydrogen-bond donors (Lipinski definition) is 2. The van der Waals surface area contributed by atoms with Crippen LogP contribution in [-0.2, 0) is 0 Å². The highest BCUT2D eigenvalue weighted by Crippen LogP contribution is 2.35. The number of likely N-dealkylation sites (tertiary alicyclic amines) is 1. The molecule has 2 bridgehead atoms. The minimum absolute atomic E-state index is 0.301. The van der Waals surface area contributed by atoms with E-state index in [1.165, 1.54) is 0 Å². The Bertz CT molecular complexity index is 872. The lowest BCUT2D eigenvalue weighted by Gasteiger charge is -2.33. The second-order valence-electron chi connectivity index (χ2n) is 8.35. The maximum absolute atomic E-state index is 14.4. The minimum atomic E-state index is -0.548. The van der Waals surface area contributed by atoms with Crippen molar-refractivity contribution in [2.24, 2.45) is 0 Å². The van der Waals surface area contributed by atoms with Crippen LogP contribution < -0.4 is 15.5 Å². The summed E-state index contributed by atoms with van der Waals surface area (Å²) in [6.07, 6.45) is 6.68. The summed E-state index contributed by atoms with van der Waals surface area (Å²) < 4.78 is 14.4. The third-order valence-electron chi connectivity index (χ3n) is 5.99. The predicted octanol–water partition coefficient (Wildman–Crippen LogP) is 3.56. The molecule has 2 aromatic rings. The Morgan fingerprint density at radius 2 is 2.07 bits per heavy atom. The number of pyridine rings is 1. The van der Waals surface area contributed by atoms with Crippen LogP contribution in [0.4, 0.5) is 27.5 Å². The second-order valence-corrected chi connectivity index (χ2v) is 8.35. The molecule has 3 atom stereocenters. The van der Waals surface area contributed by atoms with Gasteiger partial charge in [0.25, 0.3) is 0 Å². The highest BCUT2D eigenvalue weighted by molar-refractivity contribution is 5.63. The lowest BCUT2D eigenvalue weighted by molar-refractivity contribution is 0.292. The van der Waals surface area contributed by atoms with Gasteiger partial charge in [0.15, 0.2) is 0 Å². The van der Waals surface area contributed by atoms with Gasteiger partial charge in [0.2, 0.25) is 11.9 Å². The molecule has 2 aliphatic rings. The number of nitrogens with one attached hydrogen (secondary N) is 2.